The van der Waals surface area contributed by atoms with Gasteiger partial charge in [-0.25, -0.2) is 0 Å². The second-order valence-corrected chi connectivity index (χ2v) is 2.63. The van der Waals surface area contributed by atoms with Crippen molar-refractivity contribution < 1.29 is 4.79 Å². The van der Waals surface area contributed by atoms with Gasteiger partial charge in [0.1, 0.15) is 6.29 Å². The lowest BCUT2D eigenvalue weighted by Gasteiger charge is -1.93. The lowest BCUT2D eigenvalue weighted by atomic mass is 10.1. The van der Waals surface area contributed by atoms with Crippen molar-refractivity contribution in [3.63, 3.8) is 0 Å². The summed E-state index contributed by atoms with van der Waals surface area (Å²) in [6, 6.07) is 0. The summed E-state index contributed by atoms with van der Waals surface area (Å²) in [7, 11) is 0. The van der Waals surface area contributed by atoms with Crippen molar-refractivity contribution in [1.82, 2.24) is 0 Å². The molecule has 0 aromatic rings. The van der Waals surface area contributed by atoms with Crippen molar-refractivity contribution in [1.29, 1.82) is 0 Å². The van der Waals surface area contributed by atoms with Crippen LogP contribution in [0.5, 0.6) is 0 Å². The van der Waals surface area contributed by atoms with Gasteiger partial charge >= 0.3 is 0 Å². The Kier molecular flexibility index (Phi) is 1.49. The van der Waals surface area contributed by atoms with Crippen LogP contribution in [0.1, 0.15) is 6.42 Å². The minimum Gasteiger partial charge on any atom is -0.302 e. The van der Waals surface area contributed by atoms with E-state index in [1.165, 1.54) is 0 Å². The highest BCUT2D eigenvalue weighted by atomic mass is 32.1. The van der Waals surface area contributed by atoms with E-state index in [1.54, 1.807) is 11.4 Å². The van der Waals surface area contributed by atoms with Gasteiger partial charge in [-0.05, 0) is 17.7 Å². The predicted octanol–water partition coefficient (Wildman–Crippen LogP) is 1.38. The van der Waals surface area contributed by atoms with E-state index in [4.69, 9.17) is 0 Å². The fourth-order valence-electron chi connectivity index (χ4n) is 0.924. The second kappa shape index (κ2) is 2.03. The molecule has 0 amide bonds. The van der Waals surface area contributed by atoms with Crippen LogP contribution in [-0.4, -0.2) is 11.7 Å². The van der Waals surface area contributed by atoms with Gasteiger partial charge < -0.3 is 4.79 Å². The summed E-state index contributed by atoms with van der Waals surface area (Å²) in [5.74, 6) is 0.312. The van der Waals surface area contributed by atoms with Crippen LogP contribution in [0.15, 0.2) is 12.7 Å². The minimum atomic E-state index is -0.308. The van der Waals surface area contributed by atoms with Crippen molar-refractivity contribution in [3.05, 3.63) is 12.7 Å². The monoisotopic (exact) mass is 140 g/mol. The number of allylic oxidation sites excluding steroid dienone is 1. The summed E-state index contributed by atoms with van der Waals surface area (Å²) >= 11 is 4.69. The lowest BCUT2D eigenvalue weighted by Crippen LogP contribution is -2.04. The van der Waals surface area contributed by atoms with E-state index < -0.39 is 0 Å². The smallest absolute Gasteiger partial charge is 0.131 e. The van der Waals surface area contributed by atoms with Crippen molar-refractivity contribution >= 4 is 23.9 Å². The molecule has 1 nitrogen and oxygen atoms in total. The summed E-state index contributed by atoms with van der Waals surface area (Å²) in [5, 5.41) is 1.55. The molecule has 48 valence electrons. The van der Waals surface area contributed by atoms with E-state index in [9.17, 15) is 4.79 Å². The van der Waals surface area contributed by atoms with Gasteiger partial charge in [0.15, 0.2) is 0 Å². The minimum absolute atomic E-state index is 0.308. The Morgan fingerprint density at radius 1 is 1.78 bits per heavy atom. The Balaban J connectivity index is 2.67. The van der Waals surface area contributed by atoms with Crippen LogP contribution in [-0.2, 0) is 4.79 Å². The highest BCUT2D eigenvalue weighted by Gasteiger charge is 2.50. The first-order chi connectivity index (χ1) is 4.29. The van der Waals surface area contributed by atoms with E-state index in [-0.39, 0.29) is 5.41 Å². The Morgan fingerprint density at radius 3 is 2.56 bits per heavy atom. The molecule has 1 aliphatic rings. The van der Waals surface area contributed by atoms with E-state index >= 15 is 0 Å². The van der Waals surface area contributed by atoms with Gasteiger partial charge in [-0.1, -0.05) is 18.3 Å². The van der Waals surface area contributed by atoms with Crippen molar-refractivity contribution in [3.8, 4) is 0 Å². The number of thiocarbonyl (C=S) groups is 1. The number of hydrogen-bond donors (Lipinski definition) is 0. The van der Waals surface area contributed by atoms with Gasteiger partial charge in [0.25, 0.3) is 0 Å². The summed E-state index contributed by atoms with van der Waals surface area (Å²) in [6.07, 6.45) is 3.58. The quantitative estimate of drug-likeness (QED) is 0.334. The van der Waals surface area contributed by atoms with Crippen LogP contribution >= 0.6 is 12.2 Å². The summed E-state index contributed by atoms with van der Waals surface area (Å²) < 4.78 is 0. The van der Waals surface area contributed by atoms with E-state index in [2.05, 4.69) is 18.8 Å². The molecule has 0 spiro atoms. The fourth-order valence-corrected chi connectivity index (χ4v) is 1.25. The molecule has 9 heavy (non-hydrogen) atoms. The Labute approximate surface area is 59.8 Å². The van der Waals surface area contributed by atoms with Crippen molar-refractivity contribution in [2.75, 3.05) is 0 Å². The fraction of sp³-hybridized carbons (Fsp3) is 0.429. The third-order valence-corrected chi connectivity index (χ3v) is 2.27. The van der Waals surface area contributed by atoms with Gasteiger partial charge in [-0.3, -0.25) is 0 Å². The molecular weight excluding hydrogens is 132 g/mol. The van der Waals surface area contributed by atoms with Crippen LogP contribution in [0.2, 0.25) is 0 Å². The maximum atomic E-state index is 10.3. The first-order valence-corrected chi connectivity index (χ1v) is 3.31. The highest BCUT2D eigenvalue weighted by molar-refractivity contribution is 7.79. The molecule has 0 aliphatic heterocycles. The van der Waals surface area contributed by atoms with E-state index in [0.717, 1.165) is 12.7 Å². The molecule has 2 heteroatoms. The van der Waals surface area contributed by atoms with Crippen molar-refractivity contribution in [2.24, 2.45) is 11.3 Å². The van der Waals surface area contributed by atoms with Crippen LogP contribution < -0.4 is 0 Å². The summed E-state index contributed by atoms with van der Waals surface area (Å²) in [4.78, 5) is 10.3. The lowest BCUT2D eigenvalue weighted by molar-refractivity contribution is -0.110. The normalized spacial score (nSPS) is 39.3. The predicted molar refractivity (Wildman–Crippen MR) is 40.5 cm³/mol. The van der Waals surface area contributed by atoms with Crippen LogP contribution in [0.25, 0.3) is 0 Å². The zero-order chi connectivity index (χ0) is 6.91. The maximum absolute atomic E-state index is 10.3. The SMILES string of the molecule is C=C[C@@H]1C[C@]1(C=O)C=S. The molecule has 0 heterocycles. The van der Waals surface area contributed by atoms with Crippen LogP contribution in [0.3, 0.4) is 0 Å². The first kappa shape index (κ1) is 6.62. The van der Waals surface area contributed by atoms with Crippen molar-refractivity contribution in [2.45, 2.75) is 6.42 Å². The molecule has 0 aromatic heterocycles. The number of carbonyl (C=O) groups is 1. The Bertz CT molecular complexity index is 154. The molecule has 1 rings (SSSR count). The van der Waals surface area contributed by atoms with Gasteiger partial charge in [-0.2, -0.15) is 0 Å². The summed E-state index contributed by atoms with van der Waals surface area (Å²) in [5.41, 5.74) is -0.308. The molecule has 0 bridgehead atoms. The average Bonchev–Trinajstić information content (AvgIpc) is 2.63. The van der Waals surface area contributed by atoms with Gasteiger partial charge in [0, 0.05) is 0 Å². The molecule has 0 radical (unpaired) electrons. The van der Waals surface area contributed by atoms with Crippen LogP contribution in [0.4, 0.5) is 0 Å². The molecule has 2 atom stereocenters. The molecule has 0 saturated heterocycles. The standard InChI is InChI=1S/C7H8OS/c1-2-6-3-7(6,4-8)5-9/h2,4-6H,1,3H2/t6-,7+/m1/s1. The molecule has 0 N–H and O–H groups in total. The zero-order valence-corrected chi connectivity index (χ0v) is 5.86. The first-order valence-electron chi connectivity index (χ1n) is 2.84. The molecule has 1 aliphatic carbocycles. The number of rotatable bonds is 3. The topological polar surface area (TPSA) is 17.1 Å². The summed E-state index contributed by atoms with van der Waals surface area (Å²) in [6.45, 7) is 3.59. The van der Waals surface area contributed by atoms with Gasteiger partial charge in [0.05, 0.1) is 5.41 Å². The zero-order valence-electron chi connectivity index (χ0n) is 5.04. The Morgan fingerprint density at radius 2 is 2.44 bits per heavy atom. The number of carbonyl (C=O) groups excluding carboxylic acids is 1. The maximum Gasteiger partial charge on any atom is 0.131 e. The highest BCUT2D eigenvalue weighted by Crippen LogP contribution is 2.49. The van der Waals surface area contributed by atoms with Crippen LogP contribution in [0, 0.1) is 11.3 Å². The van der Waals surface area contributed by atoms with E-state index in [1.807, 2.05) is 0 Å². The van der Waals surface area contributed by atoms with Gasteiger partial charge in [0.2, 0.25) is 0 Å². The largest absolute Gasteiger partial charge is 0.302 e. The number of hydrogen-bond acceptors (Lipinski definition) is 2. The Hall–Kier alpha value is -0.500. The average molecular weight is 140 g/mol. The third kappa shape index (κ3) is 0.833. The molecule has 0 aromatic carbocycles. The third-order valence-electron chi connectivity index (χ3n) is 1.83. The van der Waals surface area contributed by atoms with E-state index in [0.29, 0.717) is 5.92 Å². The molecular formula is C7H8OS. The second-order valence-electron chi connectivity index (χ2n) is 2.39. The molecule has 1 fully saturated rings. The number of aldehydes is 1. The van der Waals surface area contributed by atoms with Gasteiger partial charge in [-0.15, -0.1) is 6.58 Å². The molecule has 0 unspecified atom stereocenters. The molecule has 1 saturated carbocycles.